The number of nitrogens with one attached hydrogen (secondary N) is 2. The molecule has 120 valence electrons. The zero-order chi connectivity index (χ0) is 14.8. The zero-order valence-electron chi connectivity index (χ0n) is 13.2. The molecule has 1 rings (SSSR count). The summed E-state index contributed by atoms with van der Waals surface area (Å²) in [4.78, 5) is 4.53. The van der Waals surface area contributed by atoms with Gasteiger partial charge in [0.1, 0.15) is 12.4 Å². The van der Waals surface area contributed by atoms with Crippen LogP contribution in [0.4, 0.5) is 0 Å². The molecule has 0 unspecified atom stereocenters. The Hall–Kier alpha value is -1.12. The molecule has 0 aliphatic rings. The summed E-state index contributed by atoms with van der Waals surface area (Å²) in [5, 5.41) is 14.7. The lowest BCUT2D eigenvalue weighted by Crippen LogP contribution is -2.38. The maximum atomic E-state index is 4.53. The Balaban J connectivity index is 0.00000400. The van der Waals surface area contributed by atoms with Crippen LogP contribution in [0.15, 0.2) is 17.6 Å². The van der Waals surface area contributed by atoms with E-state index < -0.39 is 0 Å². The molecule has 1 aromatic heterocycles. The van der Waals surface area contributed by atoms with Crippen LogP contribution >= 0.6 is 24.0 Å². The van der Waals surface area contributed by atoms with Crippen LogP contribution in [0.5, 0.6) is 0 Å². The van der Waals surface area contributed by atoms with Crippen molar-refractivity contribution in [2.24, 2.45) is 12.0 Å². The molecule has 0 aromatic carbocycles. The average Bonchev–Trinajstić information content (AvgIpc) is 2.77. The SMILES string of the molecule is C=CCNC(=NCc1nnc(C)n1C)NCCCCC.I. The van der Waals surface area contributed by atoms with Gasteiger partial charge in [0.25, 0.3) is 0 Å². The fourth-order valence-electron chi connectivity index (χ4n) is 1.66. The molecular weight excluding hydrogens is 379 g/mol. The zero-order valence-corrected chi connectivity index (χ0v) is 15.6. The van der Waals surface area contributed by atoms with Gasteiger partial charge in [-0.2, -0.15) is 0 Å². The molecule has 0 fully saturated rings. The van der Waals surface area contributed by atoms with Gasteiger partial charge in [-0.05, 0) is 13.3 Å². The van der Waals surface area contributed by atoms with Gasteiger partial charge in [0, 0.05) is 20.1 Å². The lowest BCUT2D eigenvalue weighted by Gasteiger charge is -2.11. The molecule has 0 aliphatic carbocycles. The van der Waals surface area contributed by atoms with E-state index in [-0.39, 0.29) is 24.0 Å². The molecule has 2 N–H and O–H groups in total. The smallest absolute Gasteiger partial charge is 0.191 e. The molecule has 1 aromatic rings. The van der Waals surface area contributed by atoms with Crippen molar-refractivity contribution in [3.63, 3.8) is 0 Å². The fraction of sp³-hybridized carbons (Fsp3) is 0.643. The first-order valence-corrected chi connectivity index (χ1v) is 7.17. The first-order chi connectivity index (χ1) is 9.69. The summed E-state index contributed by atoms with van der Waals surface area (Å²) in [5.74, 6) is 2.55. The highest BCUT2D eigenvalue weighted by Crippen LogP contribution is 1.99. The predicted molar refractivity (Wildman–Crippen MR) is 98.0 cm³/mol. The Labute approximate surface area is 144 Å². The van der Waals surface area contributed by atoms with Gasteiger partial charge < -0.3 is 15.2 Å². The molecule has 1 heterocycles. The molecule has 0 saturated heterocycles. The Morgan fingerprint density at radius 3 is 2.67 bits per heavy atom. The summed E-state index contributed by atoms with van der Waals surface area (Å²) in [6.07, 6.45) is 5.40. The lowest BCUT2D eigenvalue weighted by molar-refractivity contribution is 0.682. The average molecular weight is 406 g/mol. The van der Waals surface area contributed by atoms with Crippen molar-refractivity contribution in [3.8, 4) is 0 Å². The molecule has 0 spiro atoms. The topological polar surface area (TPSA) is 67.1 Å². The lowest BCUT2D eigenvalue weighted by atomic mass is 10.2. The molecule has 0 amide bonds. The van der Waals surface area contributed by atoms with Crippen LogP contribution in [-0.2, 0) is 13.6 Å². The van der Waals surface area contributed by atoms with Gasteiger partial charge in [-0.1, -0.05) is 25.8 Å². The Bertz CT molecular complexity index is 441. The number of guanidine groups is 1. The minimum Gasteiger partial charge on any atom is -0.356 e. The van der Waals surface area contributed by atoms with Crippen molar-refractivity contribution < 1.29 is 0 Å². The molecule has 6 nitrogen and oxygen atoms in total. The number of halogens is 1. The standard InChI is InChI=1S/C14H26N6.HI/c1-5-7-8-10-16-14(15-9-6-2)17-11-13-19-18-12(3)20(13)4;/h6H,2,5,7-11H2,1,3-4H3,(H2,15,16,17);1H. The van der Waals surface area contributed by atoms with Crippen molar-refractivity contribution >= 4 is 29.9 Å². The quantitative estimate of drug-likeness (QED) is 0.228. The van der Waals surface area contributed by atoms with E-state index in [9.17, 15) is 0 Å². The van der Waals surface area contributed by atoms with E-state index in [1.165, 1.54) is 12.8 Å². The maximum absolute atomic E-state index is 4.53. The number of hydrogen-bond donors (Lipinski definition) is 2. The van der Waals surface area contributed by atoms with E-state index in [0.717, 1.165) is 30.6 Å². The van der Waals surface area contributed by atoms with E-state index in [1.54, 1.807) is 0 Å². The monoisotopic (exact) mass is 406 g/mol. The van der Waals surface area contributed by atoms with Crippen LogP contribution in [0.1, 0.15) is 37.8 Å². The number of aromatic nitrogens is 3. The van der Waals surface area contributed by atoms with Crippen LogP contribution in [0.3, 0.4) is 0 Å². The first-order valence-electron chi connectivity index (χ1n) is 7.17. The van der Waals surface area contributed by atoms with Gasteiger partial charge in [0.2, 0.25) is 0 Å². The van der Waals surface area contributed by atoms with Crippen LogP contribution < -0.4 is 10.6 Å². The van der Waals surface area contributed by atoms with Gasteiger partial charge in [-0.25, -0.2) is 4.99 Å². The van der Waals surface area contributed by atoms with E-state index in [2.05, 4.69) is 39.3 Å². The second-order valence-electron chi connectivity index (χ2n) is 4.69. The summed E-state index contributed by atoms with van der Waals surface area (Å²) in [5.41, 5.74) is 0. The Kier molecular flexibility index (Phi) is 10.9. The second-order valence-corrected chi connectivity index (χ2v) is 4.69. The third-order valence-electron chi connectivity index (χ3n) is 3.05. The van der Waals surface area contributed by atoms with Crippen LogP contribution in [0.25, 0.3) is 0 Å². The molecule has 0 atom stereocenters. The van der Waals surface area contributed by atoms with Crippen molar-refractivity contribution in [2.45, 2.75) is 39.7 Å². The molecule has 0 saturated carbocycles. The molecule has 0 radical (unpaired) electrons. The second kappa shape index (κ2) is 11.5. The number of nitrogens with zero attached hydrogens (tertiary/aromatic N) is 4. The molecule has 7 heteroatoms. The molecule has 21 heavy (non-hydrogen) atoms. The van der Waals surface area contributed by atoms with Gasteiger partial charge in [0.05, 0.1) is 0 Å². The predicted octanol–water partition coefficient (Wildman–Crippen LogP) is 2.15. The highest BCUT2D eigenvalue weighted by Gasteiger charge is 2.04. The van der Waals surface area contributed by atoms with Crippen LogP contribution in [-0.4, -0.2) is 33.8 Å². The number of unbranched alkanes of at least 4 members (excludes halogenated alkanes) is 2. The summed E-state index contributed by atoms with van der Waals surface area (Å²) < 4.78 is 1.95. The van der Waals surface area contributed by atoms with E-state index >= 15 is 0 Å². The van der Waals surface area contributed by atoms with Crippen molar-refractivity contribution in [2.75, 3.05) is 13.1 Å². The van der Waals surface area contributed by atoms with E-state index in [0.29, 0.717) is 13.1 Å². The maximum Gasteiger partial charge on any atom is 0.191 e. The highest BCUT2D eigenvalue weighted by atomic mass is 127. The summed E-state index contributed by atoms with van der Waals surface area (Å²) >= 11 is 0. The minimum atomic E-state index is 0. The third kappa shape index (κ3) is 7.45. The van der Waals surface area contributed by atoms with Gasteiger partial charge in [0.15, 0.2) is 11.8 Å². The number of aliphatic imine (C=N–C) groups is 1. The molecule has 0 aliphatic heterocycles. The summed E-state index contributed by atoms with van der Waals surface area (Å²) in [7, 11) is 1.95. The van der Waals surface area contributed by atoms with E-state index in [4.69, 9.17) is 0 Å². The number of aryl methyl sites for hydroxylation is 1. The minimum absolute atomic E-state index is 0. The van der Waals surface area contributed by atoms with Gasteiger partial charge in [-0.3, -0.25) is 0 Å². The van der Waals surface area contributed by atoms with Crippen LogP contribution in [0.2, 0.25) is 0 Å². The Morgan fingerprint density at radius 2 is 2.10 bits per heavy atom. The Morgan fingerprint density at radius 1 is 1.33 bits per heavy atom. The van der Waals surface area contributed by atoms with Gasteiger partial charge in [-0.15, -0.1) is 40.8 Å². The van der Waals surface area contributed by atoms with Crippen molar-refractivity contribution in [1.29, 1.82) is 0 Å². The summed E-state index contributed by atoms with van der Waals surface area (Å²) in [6, 6.07) is 0. The van der Waals surface area contributed by atoms with Crippen LogP contribution in [0, 0.1) is 6.92 Å². The van der Waals surface area contributed by atoms with Crippen molar-refractivity contribution in [3.05, 3.63) is 24.3 Å². The largest absolute Gasteiger partial charge is 0.356 e. The van der Waals surface area contributed by atoms with E-state index in [1.807, 2.05) is 24.6 Å². The third-order valence-corrected chi connectivity index (χ3v) is 3.05. The first kappa shape index (κ1) is 19.9. The normalized spacial score (nSPS) is 10.9. The highest BCUT2D eigenvalue weighted by molar-refractivity contribution is 14.0. The number of hydrogen-bond acceptors (Lipinski definition) is 3. The fourth-order valence-corrected chi connectivity index (χ4v) is 1.66. The number of rotatable bonds is 8. The van der Waals surface area contributed by atoms with Gasteiger partial charge >= 0.3 is 0 Å². The molecular formula is C14H27IN6. The van der Waals surface area contributed by atoms with Crippen molar-refractivity contribution in [1.82, 2.24) is 25.4 Å². The summed E-state index contributed by atoms with van der Waals surface area (Å²) in [6.45, 7) is 9.96. The molecule has 0 bridgehead atoms.